The number of alkyl carbamates (subject to hydrolysis) is 1. The number of hydrogen-bond donors (Lipinski definition) is 2. The monoisotopic (exact) mass is 1060 g/mol. The summed E-state index contributed by atoms with van der Waals surface area (Å²) in [6, 6.07) is 17.3. The van der Waals surface area contributed by atoms with Gasteiger partial charge in [0.25, 0.3) is 0 Å². The summed E-state index contributed by atoms with van der Waals surface area (Å²) in [5, 5.41) is 8.35. The molecule has 76 heavy (non-hydrogen) atoms. The van der Waals surface area contributed by atoms with Gasteiger partial charge in [0, 0.05) is 70.4 Å². The predicted octanol–water partition coefficient (Wildman–Crippen LogP) is 7.72. The fourth-order valence-corrected chi connectivity index (χ4v) is 13.3. The zero-order valence-electron chi connectivity index (χ0n) is 45.1. The molecule has 3 atom stereocenters. The third-order valence-corrected chi connectivity index (χ3v) is 17.3. The third kappa shape index (κ3) is 9.97. The van der Waals surface area contributed by atoms with Gasteiger partial charge >= 0.3 is 6.09 Å². The number of rotatable bonds is 5. The number of nitrogens with two attached hydrogens (primary N) is 1. The Labute approximate surface area is 452 Å². The van der Waals surface area contributed by atoms with E-state index in [4.69, 9.17) is 54.7 Å². The molecule has 6 aliphatic heterocycles. The lowest BCUT2D eigenvalue weighted by Gasteiger charge is -2.44. The maximum absolute atomic E-state index is 13.0. The van der Waals surface area contributed by atoms with Crippen LogP contribution in [0.1, 0.15) is 129 Å². The average molecular weight is 1060 g/mol. The molecule has 2 aromatic carbocycles. The van der Waals surface area contributed by atoms with E-state index in [1.165, 1.54) is 22.3 Å². The molecule has 1 amide bonds. The molecule has 0 bridgehead atoms. The van der Waals surface area contributed by atoms with Crippen molar-refractivity contribution in [3.05, 3.63) is 93.6 Å². The zero-order chi connectivity index (χ0) is 51.5. The highest BCUT2D eigenvalue weighted by atomic mass is 35.5. The first-order valence-corrected chi connectivity index (χ1v) is 27.7. The number of carbonyl (C=O) groups excluding carboxylic acids is 1. The summed E-state index contributed by atoms with van der Waals surface area (Å²) in [6.07, 6.45) is 8.69. The Morgan fingerprint density at radius 2 is 1.28 bits per heavy atom. The molecule has 19 heteroatoms. The first-order chi connectivity index (χ1) is 36.4. The lowest BCUT2D eigenvalue weighted by molar-refractivity contribution is -0.0369. The number of fused-ring (bicyclic) bond motifs is 4. The van der Waals surface area contributed by atoms with Crippen molar-refractivity contribution in [1.82, 2.24) is 39.9 Å². The van der Waals surface area contributed by atoms with E-state index >= 15 is 0 Å². The van der Waals surface area contributed by atoms with Crippen LogP contribution in [-0.4, -0.2) is 138 Å². The molecule has 406 valence electrons. The van der Waals surface area contributed by atoms with Crippen LogP contribution in [0, 0.1) is 24.7 Å². The first-order valence-electron chi connectivity index (χ1n) is 27.7. The van der Waals surface area contributed by atoms with Gasteiger partial charge in [-0.3, -0.25) is 4.99 Å². The summed E-state index contributed by atoms with van der Waals surface area (Å²) in [5.74, 6) is 3.80. The van der Waals surface area contributed by atoms with E-state index < -0.39 is 5.60 Å². The Hall–Kier alpha value is -5.66. The minimum Gasteiger partial charge on any atom is -0.444 e. The highest BCUT2D eigenvalue weighted by molar-refractivity contribution is 6.00. The van der Waals surface area contributed by atoms with Crippen molar-refractivity contribution in [1.29, 1.82) is 0 Å². The van der Waals surface area contributed by atoms with E-state index in [1.54, 1.807) is 0 Å². The molecule has 5 fully saturated rings. The number of piperidine rings is 2. The maximum atomic E-state index is 13.0. The summed E-state index contributed by atoms with van der Waals surface area (Å²) in [7, 11) is 0. The van der Waals surface area contributed by atoms with Crippen molar-refractivity contribution in [3.8, 4) is 0 Å². The smallest absolute Gasteiger partial charge is 0.408 e. The number of halogens is 1. The van der Waals surface area contributed by atoms with Gasteiger partial charge in [-0.25, -0.2) is 29.4 Å². The topological polar surface area (TPSA) is 187 Å². The van der Waals surface area contributed by atoms with Crippen LogP contribution in [-0.2, 0) is 38.3 Å². The molecule has 2 spiro atoms. The summed E-state index contributed by atoms with van der Waals surface area (Å²) in [5.41, 5.74) is 17.1. The molecule has 5 saturated heterocycles. The minimum absolute atomic E-state index is 0. The Bertz CT molecular complexity index is 2940. The maximum Gasteiger partial charge on any atom is 0.408 e. The van der Waals surface area contributed by atoms with Gasteiger partial charge in [0.15, 0.2) is 34.9 Å². The largest absolute Gasteiger partial charge is 0.444 e. The Kier molecular flexibility index (Phi) is 14.7. The second-order valence-electron chi connectivity index (χ2n) is 23.2. The lowest BCUT2D eigenvalue weighted by Crippen LogP contribution is -2.48. The highest BCUT2D eigenvalue weighted by Crippen LogP contribution is 2.53. The number of aryl methyl sites for hydroxylation is 2. The van der Waals surface area contributed by atoms with Crippen molar-refractivity contribution < 1.29 is 23.7 Å². The fourth-order valence-electron chi connectivity index (χ4n) is 13.3. The summed E-state index contributed by atoms with van der Waals surface area (Å²) < 4.78 is 25.0. The number of anilines is 3. The number of benzene rings is 2. The van der Waals surface area contributed by atoms with Gasteiger partial charge in [-0.05, 0) is 120 Å². The van der Waals surface area contributed by atoms with Crippen LogP contribution in [0.5, 0.6) is 0 Å². The minimum atomic E-state index is -0.551. The molecule has 5 aromatic rings. The number of amidine groups is 1. The van der Waals surface area contributed by atoms with E-state index in [2.05, 4.69) is 87.3 Å². The van der Waals surface area contributed by atoms with Gasteiger partial charge in [-0.15, -0.1) is 17.5 Å². The van der Waals surface area contributed by atoms with Crippen molar-refractivity contribution in [3.63, 3.8) is 0 Å². The Morgan fingerprint density at radius 1 is 0.697 bits per heavy atom. The van der Waals surface area contributed by atoms with Gasteiger partial charge in [0.1, 0.15) is 17.1 Å². The molecule has 3 aromatic heterocycles. The zero-order valence-corrected chi connectivity index (χ0v) is 45.9. The fraction of sp³-hybridized carbons (Fsp3) is 0.596. The van der Waals surface area contributed by atoms with Crippen LogP contribution < -0.4 is 25.8 Å². The number of aromatic nitrogens is 6. The van der Waals surface area contributed by atoms with Crippen molar-refractivity contribution in [2.24, 2.45) is 21.6 Å². The molecule has 0 saturated carbocycles. The SMILES string of the molecule is Cc1nc2c(N3CCOCC3)nn(C3CCCCO3)c2nc1N1CCC2(CC1)Cc1ccccc1[C@H]2NC(=O)OC(C)(C)C.Cc1nc2c(nc1N1CCC3(CC1)Cc1ccccc1[C@H]3N)CN=C2N1CCOCC1.Cl. The molecule has 2 aliphatic carbocycles. The van der Waals surface area contributed by atoms with E-state index in [1.807, 2.05) is 25.5 Å². The molecule has 0 radical (unpaired) electrons. The van der Waals surface area contributed by atoms with Crippen molar-refractivity contribution in [2.75, 3.05) is 100 Å². The van der Waals surface area contributed by atoms with Crippen molar-refractivity contribution >= 4 is 53.0 Å². The number of morpholine rings is 2. The van der Waals surface area contributed by atoms with Gasteiger partial charge in [-0.1, -0.05) is 48.5 Å². The summed E-state index contributed by atoms with van der Waals surface area (Å²) >= 11 is 0. The lowest BCUT2D eigenvalue weighted by atomic mass is 9.72. The van der Waals surface area contributed by atoms with Crippen LogP contribution in [0.15, 0.2) is 53.5 Å². The molecule has 3 N–H and O–H groups in total. The van der Waals surface area contributed by atoms with Crippen LogP contribution >= 0.6 is 12.4 Å². The summed E-state index contributed by atoms with van der Waals surface area (Å²) in [4.78, 5) is 47.6. The van der Waals surface area contributed by atoms with Crippen molar-refractivity contribution in [2.45, 2.75) is 123 Å². The van der Waals surface area contributed by atoms with Gasteiger partial charge in [0.05, 0.1) is 56.1 Å². The summed E-state index contributed by atoms with van der Waals surface area (Å²) in [6.45, 7) is 21.0. The number of ether oxygens (including phenoxy) is 4. The standard InChI is InChI=1S/C33H45N7O4.C24H30N6O.ClH/c1-22-28(36-29-26(34-22)30(39-16-19-42-20-17-39)37-40(29)25-11-7-8-18-43-25)38-14-12-33(13-15-38)21-23-9-5-6-10-24(23)27(33)35-31(41)44-32(2,3)4;1-16-22(28-19-15-26-23(20(19)27-16)30-10-12-31-13-11-30)29-8-6-24(7-9-29)14-17-4-2-3-5-18(17)21(24)25;/h5-6,9-10,25,27H,7-8,11-21H2,1-4H3,(H,35,41);2-5,21H,6-15,25H2,1H3;1H/t25?,27-;21-;/m11./s1. The third-order valence-electron chi connectivity index (χ3n) is 17.3. The van der Waals surface area contributed by atoms with Gasteiger partial charge < -0.3 is 49.6 Å². The normalized spacial score (nSPS) is 23.6. The van der Waals surface area contributed by atoms with Crippen LogP contribution in [0.25, 0.3) is 11.2 Å². The molecular weight excluding hydrogens is 982 g/mol. The molecule has 9 heterocycles. The van der Waals surface area contributed by atoms with Crippen LogP contribution in [0.3, 0.4) is 0 Å². The van der Waals surface area contributed by atoms with E-state index in [-0.39, 0.29) is 47.6 Å². The van der Waals surface area contributed by atoms with Gasteiger partial charge in [-0.2, -0.15) is 0 Å². The number of hydrogen-bond acceptors (Lipinski definition) is 16. The average Bonchev–Trinajstić information content (AvgIpc) is 4.17. The molecule has 8 aliphatic rings. The van der Waals surface area contributed by atoms with E-state index in [0.717, 1.165) is 187 Å². The quantitative estimate of drug-likeness (QED) is 0.174. The number of aliphatic imine (C=N–C) groups is 1. The van der Waals surface area contributed by atoms with E-state index in [9.17, 15) is 4.79 Å². The number of nitrogens with one attached hydrogen (secondary N) is 1. The second-order valence-corrected chi connectivity index (χ2v) is 23.2. The molecule has 1 unspecified atom stereocenters. The predicted molar refractivity (Wildman–Crippen MR) is 296 cm³/mol. The van der Waals surface area contributed by atoms with Gasteiger partial charge in [0.2, 0.25) is 0 Å². The molecule has 18 nitrogen and oxygen atoms in total. The number of carbonyl (C=O) groups is 1. The molecule has 13 rings (SSSR count). The van der Waals surface area contributed by atoms with Crippen LogP contribution in [0.4, 0.5) is 22.2 Å². The van der Waals surface area contributed by atoms with E-state index in [0.29, 0.717) is 19.8 Å². The Morgan fingerprint density at radius 3 is 1.92 bits per heavy atom. The first kappa shape index (κ1) is 52.4. The highest BCUT2D eigenvalue weighted by Gasteiger charge is 2.50. The number of nitrogens with zero attached hydrogens (tertiary/aromatic N) is 11. The Balaban J connectivity index is 0.000000169. The second kappa shape index (κ2) is 21.3. The number of amides is 1. The molecular formula is C57H76ClN13O5. The van der Waals surface area contributed by atoms with Crippen LogP contribution in [0.2, 0.25) is 0 Å².